The van der Waals surface area contributed by atoms with Crippen LogP contribution in [0.4, 0.5) is 0 Å². The molecule has 0 amide bonds. The molecule has 0 saturated carbocycles. The van der Waals surface area contributed by atoms with E-state index >= 15 is 0 Å². The van der Waals surface area contributed by atoms with Crippen LogP contribution in [0.15, 0.2) is 13.2 Å². The van der Waals surface area contributed by atoms with Crippen molar-refractivity contribution in [1.82, 2.24) is 0 Å². The van der Waals surface area contributed by atoms with Gasteiger partial charge in [-0.3, -0.25) is 0 Å². The Morgan fingerprint density at radius 2 is 1.08 bits per heavy atom. The van der Waals surface area contributed by atoms with Crippen LogP contribution in [0.3, 0.4) is 0 Å². The van der Waals surface area contributed by atoms with Gasteiger partial charge in [-0.25, -0.2) is 0 Å². The molecule has 0 aliphatic heterocycles. The molecule has 0 aliphatic carbocycles. The summed E-state index contributed by atoms with van der Waals surface area (Å²) in [6.07, 6.45) is 0. The molecule has 0 fully saturated rings. The van der Waals surface area contributed by atoms with Gasteiger partial charge in [-0.15, -0.1) is 13.2 Å². The SMILES string of the molecule is C=C.O=C([O-])CO.O=C([O-])CO.[Co+2]. The zero-order valence-electron chi connectivity index (χ0n) is 6.69. The summed E-state index contributed by atoms with van der Waals surface area (Å²) in [5, 5.41) is 33.0. The second kappa shape index (κ2) is 22.5. The Labute approximate surface area is 85.7 Å². The third-order valence-corrected chi connectivity index (χ3v) is 0.258. The number of carbonyl (C=O) groups is 2. The van der Waals surface area contributed by atoms with Crippen LogP contribution in [-0.2, 0) is 26.4 Å². The van der Waals surface area contributed by atoms with Gasteiger partial charge in [-0.2, -0.15) is 0 Å². The molecule has 0 aromatic rings. The summed E-state index contributed by atoms with van der Waals surface area (Å²) in [5.74, 6) is -2.88. The van der Waals surface area contributed by atoms with Gasteiger partial charge < -0.3 is 30.0 Å². The first kappa shape index (κ1) is 22.7. The van der Waals surface area contributed by atoms with Crippen LogP contribution in [0, 0.1) is 0 Å². The van der Waals surface area contributed by atoms with Crippen molar-refractivity contribution in [2.45, 2.75) is 0 Å². The van der Waals surface area contributed by atoms with Crippen LogP contribution in [0.5, 0.6) is 0 Å². The monoisotopic (exact) mass is 237 g/mol. The number of aliphatic hydroxyl groups excluding tert-OH is 2. The fourth-order valence-corrected chi connectivity index (χ4v) is 0. The number of aliphatic carboxylic acids is 2. The van der Waals surface area contributed by atoms with E-state index in [-0.39, 0.29) is 16.8 Å². The molecule has 0 aliphatic rings. The van der Waals surface area contributed by atoms with E-state index in [1.165, 1.54) is 0 Å². The smallest absolute Gasteiger partial charge is 0.548 e. The van der Waals surface area contributed by atoms with Gasteiger partial charge in [-0.05, 0) is 0 Å². The van der Waals surface area contributed by atoms with Crippen molar-refractivity contribution >= 4 is 11.9 Å². The van der Waals surface area contributed by atoms with Gasteiger partial charge in [0.25, 0.3) is 0 Å². The van der Waals surface area contributed by atoms with Crippen molar-refractivity contribution in [1.29, 1.82) is 0 Å². The fourth-order valence-electron chi connectivity index (χ4n) is 0. The van der Waals surface area contributed by atoms with E-state index < -0.39 is 25.2 Å². The molecule has 0 rings (SSSR count). The quantitative estimate of drug-likeness (QED) is 0.476. The van der Waals surface area contributed by atoms with Gasteiger partial charge in [-0.1, -0.05) is 0 Å². The van der Waals surface area contributed by atoms with E-state index in [9.17, 15) is 0 Å². The molecule has 0 aromatic carbocycles. The second-order valence-electron chi connectivity index (χ2n) is 1.06. The van der Waals surface area contributed by atoms with E-state index in [1.807, 2.05) is 0 Å². The molecule has 6 nitrogen and oxygen atoms in total. The van der Waals surface area contributed by atoms with Crippen LogP contribution in [0.2, 0.25) is 0 Å². The Hall–Kier alpha value is -0.894. The average molecular weight is 237 g/mol. The maximum absolute atomic E-state index is 9.01. The van der Waals surface area contributed by atoms with Crippen molar-refractivity contribution in [2.75, 3.05) is 13.2 Å². The van der Waals surface area contributed by atoms with Crippen molar-refractivity contribution in [3.05, 3.63) is 13.2 Å². The van der Waals surface area contributed by atoms with Gasteiger partial charge in [0.1, 0.15) is 0 Å². The molecular weight excluding hydrogens is 227 g/mol. The normalized spacial score (nSPS) is 6.00. The molecule has 2 N–H and O–H groups in total. The Kier molecular flexibility index (Phi) is 39.3. The average Bonchev–Trinajstić information content (AvgIpc) is 2.09. The van der Waals surface area contributed by atoms with Crippen molar-refractivity contribution in [2.24, 2.45) is 0 Å². The van der Waals surface area contributed by atoms with Gasteiger partial charge in [0, 0.05) is 0 Å². The summed E-state index contributed by atoms with van der Waals surface area (Å²) in [5.41, 5.74) is 0. The molecule has 13 heavy (non-hydrogen) atoms. The maximum Gasteiger partial charge on any atom is 2.00 e. The number of carboxylic acids is 2. The fraction of sp³-hybridized carbons (Fsp3) is 0.333. The zero-order chi connectivity index (χ0) is 10.6. The molecule has 0 aromatic heterocycles. The molecule has 7 heteroatoms. The molecule has 0 atom stereocenters. The van der Waals surface area contributed by atoms with E-state index in [0.29, 0.717) is 0 Å². The summed E-state index contributed by atoms with van der Waals surface area (Å²) in [4.78, 5) is 18.0. The predicted octanol–water partition coefficient (Wildman–Crippen LogP) is -3.74. The van der Waals surface area contributed by atoms with Gasteiger partial charge in [0.2, 0.25) is 0 Å². The van der Waals surface area contributed by atoms with Crippen LogP contribution in [0.25, 0.3) is 0 Å². The number of rotatable bonds is 2. The summed E-state index contributed by atoms with van der Waals surface area (Å²) in [6.45, 7) is 4.22. The van der Waals surface area contributed by atoms with E-state index in [0.717, 1.165) is 0 Å². The molecule has 0 heterocycles. The molecule has 0 saturated heterocycles. The number of carbonyl (C=O) groups excluding carboxylic acids is 2. The minimum Gasteiger partial charge on any atom is -0.548 e. The largest absolute Gasteiger partial charge is 2.00 e. The third kappa shape index (κ3) is 95.4. The van der Waals surface area contributed by atoms with Crippen LogP contribution >= 0.6 is 0 Å². The number of carboxylic acid groups (broad SMARTS) is 2. The molecule has 1 radical (unpaired) electrons. The maximum atomic E-state index is 9.01. The summed E-state index contributed by atoms with van der Waals surface area (Å²) >= 11 is 0. The molecule has 79 valence electrons. The first-order valence-electron chi connectivity index (χ1n) is 2.66. The minimum absolute atomic E-state index is 0. The van der Waals surface area contributed by atoms with Crippen LogP contribution < -0.4 is 10.2 Å². The summed E-state index contributed by atoms with van der Waals surface area (Å²) in [7, 11) is 0. The number of hydrogen-bond acceptors (Lipinski definition) is 6. The topological polar surface area (TPSA) is 121 Å². The van der Waals surface area contributed by atoms with Gasteiger partial charge in [0.05, 0.1) is 25.2 Å². The van der Waals surface area contributed by atoms with Crippen molar-refractivity contribution in [3.63, 3.8) is 0 Å². The molecule has 0 unspecified atom stereocenters. The second-order valence-corrected chi connectivity index (χ2v) is 1.06. The molecule has 0 bridgehead atoms. The first-order chi connectivity index (χ1) is 5.54. The standard InChI is InChI=1S/2C2H4O3.C2H4.Co/c2*3-1-2(4)5;1-2;/h2*3H,1H2,(H,4,5);1-2H2;/q;;;+2/p-2. The predicted molar refractivity (Wildman–Crippen MR) is 35.4 cm³/mol. The Balaban J connectivity index is -0.0000000491. The summed E-state index contributed by atoms with van der Waals surface area (Å²) < 4.78 is 0. The molecular formula is C6H10CoO6. The van der Waals surface area contributed by atoms with Crippen LogP contribution in [-0.4, -0.2) is 35.4 Å². The number of aliphatic hydroxyl groups is 2. The minimum atomic E-state index is -1.44. The van der Waals surface area contributed by atoms with Gasteiger partial charge in [0.15, 0.2) is 0 Å². The Bertz CT molecular complexity index is 112. The first-order valence-corrected chi connectivity index (χ1v) is 2.66. The zero-order valence-corrected chi connectivity index (χ0v) is 7.73. The molecule has 0 spiro atoms. The summed E-state index contributed by atoms with van der Waals surface area (Å²) in [6, 6.07) is 0. The van der Waals surface area contributed by atoms with Crippen LogP contribution in [0.1, 0.15) is 0 Å². The van der Waals surface area contributed by atoms with E-state index in [4.69, 9.17) is 30.0 Å². The van der Waals surface area contributed by atoms with Crippen molar-refractivity contribution in [3.8, 4) is 0 Å². The van der Waals surface area contributed by atoms with Gasteiger partial charge >= 0.3 is 16.8 Å². The number of hydrogen-bond donors (Lipinski definition) is 2. The van der Waals surface area contributed by atoms with E-state index in [1.54, 1.807) is 0 Å². The Morgan fingerprint density at radius 3 is 1.08 bits per heavy atom. The van der Waals surface area contributed by atoms with E-state index in [2.05, 4.69) is 13.2 Å². The Morgan fingerprint density at radius 1 is 1.00 bits per heavy atom. The van der Waals surface area contributed by atoms with Crippen molar-refractivity contribution < 1.29 is 46.8 Å². The third-order valence-electron chi connectivity index (χ3n) is 0.258.